The molecule has 1 N–H and O–H groups in total. The zero-order valence-corrected chi connectivity index (χ0v) is 10.5. The summed E-state index contributed by atoms with van der Waals surface area (Å²) in [4.78, 5) is 0. The van der Waals surface area contributed by atoms with Crippen molar-refractivity contribution in [3.8, 4) is 11.5 Å². The molecule has 3 rings (SSSR count). The third-order valence-electron chi connectivity index (χ3n) is 3.39. The summed E-state index contributed by atoms with van der Waals surface area (Å²) in [6, 6.07) is 8.15. The molecular formula is C14H17N3O. The van der Waals surface area contributed by atoms with Crippen molar-refractivity contribution in [1.82, 2.24) is 15.5 Å². The Bertz CT molecular complexity index is 512. The molecule has 1 saturated heterocycles. The van der Waals surface area contributed by atoms with Gasteiger partial charge in [0.05, 0.1) is 0 Å². The lowest BCUT2D eigenvalue weighted by molar-refractivity contribution is 0.380. The topological polar surface area (TPSA) is 51.0 Å². The molecule has 1 atom stereocenters. The summed E-state index contributed by atoms with van der Waals surface area (Å²) >= 11 is 0. The Morgan fingerprint density at radius 1 is 1.22 bits per heavy atom. The Labute approximate surface area is 106 Å². The molecule has 1 aliphatic heterocycles. The number of piperidine rings is 1. The Hall–Kier alpha value is -1.68. The Morgan fingerprint density at radius 2 is 2.06 bits per heavy atom. The minimum atomic E-state index is 0.366. The molecule has 1 aromatic heterocycles. The normalized spacial score (nSPS) is 19.9. The summed E-state index contributed by atoms with van der Waals surface area (Å²) in [5.74, 6) is 1.75. The van der Waals surface area contributed by atoms with Crippen LogP contribution in [-0.2, 0) is 0 Å². The Balaban J connectivity index is 1.82. The van der Waals surface area contributed by atoms with Crippen LogP contribution in [0.1, 0.15) is 30.2 Å². The number of aromatic nitrogens is 2. The smallest absolute Gasteiger partial charge is 0.247 e. The van der Waals surface area contributed by atoms with Gasteiger partial charge in [-0.3, -0.25) is 0 Å². The van der Waals surface area contributed by atoms with Crippen LogP contribution in [0.5, 0.6) is 0 Å². The average Bonchev–Trinajstić information content (AvgIpc) is 2.90. The van der Waals surface area contributed by atoms with Gasteiger partial charge in [-0.05, 0) is 38.4 Å². The SMILES string of the molecule is Cc1ccc(-c2nnc([C@@H]3CCCNC3)o2)cc1. The van der Waals surface area contributed by atoms with Crippen LogP contribution in [0, 0.1) is 6.92 Å². The van der Waals surface area contributed by atoms with Gasteiger partial charge in [0, 0.05) is 18.0 Å². The summed E-state index contributed by atoms with van der Waals surface area (Å²) in [6.07, 6.45) is 2.30. The second-order valence-electron chi connectivity index (χ2n) is 4.85. The molecule has 4 nitrogen and oxygen atoms in total. The van der Waals surface area contributed by atoms with Crippen LogP contribution >= 0.6 is 0 Å². The highest BCUT2D eigenvalue weighted by molar-refractivity contribution is 5.52. The fourth-order valence-electron chi connectivity index (χ4n) is 2.27. The van der Waals surface area contributed by atoms with E-state index < -0.39 is 0 Å². The van der Waals surface area contributed by atoms with E-state index in [1.165, 1.54) is 12.0 Å². The molecule has 1 aromatic carbocycles. The lowest BCUT2D eigenvalue weighted by Crippen LogP contribution is -2.28. The molecule has 0 unspecified atom stereocenters. The minimum absolute atomic E-state index is 0.366. The Morgan fingerprint density at radius 3 is 2.78 bits per heavy atom. The van der Waals surface area contributed by atoms with Crippen molar-refractivity contribution >= 4 is 0 Å². The standard InChI is InChI=1S/C14H17N3O/c1-10-4-6-11(7-5-10)13-16-17-14(18-13)12-3-2-8-15-9-12/h4-7,12,15H,2-3,8-9H2,1H3/t12-/m1/s1. The van der Waals surface area contributed by atoms with Gasteiger partial charge in [-0.15, -0.1) is 10.2 Å². The van der Waals surface area contributed by atoms with Crippen LogP contribution in [0.25, 0.3) is 11.5 Å². The van der Waals surface area contributed by atoms with E-state index in [9.17, 15) is 0 Å². The first kappa shape index (κ1) is 11.4. The van der Waals surface area contributed by atoms with Gasteiger partial charge >= 0.3 is 0 Å². The maximum atomic E-state index is 5.79. The molecule has 2 aromatic rings. The number of nitrogens with zero attached hydrogens (tertiary/aromatic N) is 2. The second-order valence-corrected chi connectivity index (χ2v) is 4.85. The number of aryl methyl sites for hydroxylation is 1. The predicted octanol–water partition coefficient (Wildman–Crippen LogP) is 2.51. The van der Waals surface area contributed by atoms with Crippen molar-refractivity contribution in [2.24, 2.45) is 0 Å². The van der Waals surface area contributed by atoms with E-state index in [4.69, 9.17) is 4.42 Å². The summed E-state index contributed by atoms with van der Waals surface area (Å²) < 4.78 is 5.79. The summed E-state index contributed by atoms with van der Waals surface area (Å²) in [5.41, 5.74) is 2.22. The van der Waals surface area contributed by atoms with Crippen LogP contribution in [-0.4, -0.2) is 23.3 Å². The lowest BCUT2D eigenvalue weighted by atomic mass is 10.00. The molecule has 2 heterocycles. The molecule has 1 fully saturated rings. The third kappa shape index (κ3) is 2.29. The highest BCUT2D eigenvalue weighted by Gasteiger charge is 2.21. The number of nitrogens with one attached hydrogen (secondary N) is 1. The van der Waals surface area contributed by atoms with Crippen LogP contribution in [0.4, 0.5) is 0 Å². The van der Waals surface area contributed by atoms with Gasteiger partial charge in [-0.25, -0.2) is 0 Å². The van der Waals surface area contributed by atoms with E-state index >= 15 is 0 Å². The first-order chi connectivity index (χ1) is 8.83. The van der Waals surface area contributed by atoms with Crippen molar-refractivity contribution in [3.05, 3.63) is 35.7 Å². The van der Waals surface area contributed by atoms with Gasteiger partial charge in [0.25, 0.3) is 0 Å². The maximum Gasteiger partial charge on any atom is 0.247 e. The van der Waals surface area contributed by atoms with E-state index in [1.54, 1.807) is 0 Å². The van der Waals surface area contributed by atoms with Crippen molar-refractivity contribution < 1.29 is 4.42 Å². The largest absolute Gasteiger partial charge is 0.420 e. The quantitative estimate of drug-likeness (QED) is 0.880. The number of hydrogen-bond acceptors (Lipinski definition) is 4. The van der Waals surface area contributed by atoms with Crippen molar-refractivity contribution in [3.63, 3.8) is 0 Å². The van der Waals surface area contributed by atoms with E-state index in [2.05, 4.69) is 34.6 Å². The monoisotopic (exact) mass is 243 g/mol. The van der Waals surface area contributed by atoms with Crippen molar-refractivity contribution in [2.45, 2.75) is 25.7 Å². The molecule has 4 heteroatoms. The van der Waals surface area contributed by atoms with Crippen molar-refractivity contribution in [2.75, 3.05) is 13.1 Å². The number of benzene rings is 1. The summed E-state index contributed by atoms with van der Waals surface area (Å²) in [5, 5.41) is 11.7. The molecule has 18 heavy (non-hydrogen) atoms. The van der Waals surface area contributed by atoms with Crippen LogP contribution < -0.4 is 5.32 Å². The molecular weight excluding hydrogens is 226 g/mol. The highest BCUT2D eigenvalue weighted by atomic mass is 16.4. The Kier molecular flexibility index (Phi) is 3.11. The maximum absolute atomic E-state index is 5.79. The van der Waals surface area contributed by atoms with Gasteiger partial charge in [0.2, 0.25) is 11.8 Å². The number of hydrogen-bond donors (Lipinski definition) is 1. The molecule has 0 spiro atoms. The van der Waals surface area contributed by atoms with Crippen LogP contribution in [0.3, 0.4) is 0 Å². The van der Waals surface area contributed by atoms with Gasteiger partial charge in [-0.2, -0.15) is 0 Å². The zero-order chi connectivity index (χ0) is 12.4. The zero-order valence-electron chi connectivity index (χ0n) is 10.5. The summed E-state index contributed by atoms with van der Waals surface area (Å²) in [7, 11) is 0. The first-order valence-electron chi connectivity index (χ1n) is 6.44. The van der Waals surface area contributed by atoms with Crippen LogP contribution in [0.15, 0.2) is 28.7 Å². The first-order valence-corrected chi connectivity index (χ1v) is 6.44. The molecule has 0 amide bonds. The van der Waals surface area contributed by atoms with E-state index in [0.717, 1.165) is 31.0 Å². The van der Waals surface area contributed by atoms with Crippen LogP contribution in [0.2, 0.25) is 0 Å². The van der Waals surface area contributed by atoms with E-state index in [1.807, 2.05) is 12.1 Å². The average molecular weight is 243 g/mol. The molecule has 94 valence electrons. The molecule has 0 saturated carbocycles. The molecule has 1 aliphatic rings. The predicted molar refractivity (Wildman–Crippen MR) is 69.3 cm³/mol. The fourth-order valence-corrected chi connectivity index (χ4v) is 2.27. The number of rotatable bonds is 2. The molecule has 0 bridgehead atoms. The van der Waals surface area contributed by atoms with E-state index in [-0.39, 0.29) is 0 Å². The van der Waals surface area contributed by atoms with Crippen molar-refractivity contribution in [1.29, 1.82) is 0 Å². The minimum Gasteiger partial charge on any atom is -0.420 e. The lowest BCUT2D eigenvalue weighted by Gasteiger charge is -2.18. The molecule has 0 aliphatic carbocycles. The van der Waals surface area contributed by atoms with E-state index in [0.29, 0.717) is 11.8 Å². The van der Waals surface area contributed by atoms with Gasteiger partial charge < -0.3 is 9.73 Å². The molecule has 0 radical (unpaired) electrons. The second kappa shape index (κ2) is 4.90. The fraction of sp³-hybridized carbons (Fsp3) is 0.429. The van der Waals surface area contributed by atoms with Gasteiger partial charge in [0.15, 0.2) is 0 Å². The highest BCUT2D eigenvalue weighted by Crippen LogP contribution is 2.25. The van der Waals surface area contributed by atoms with Gasteiger partial charge in [-0.1, -0.05) is 17.7 Å². The third-order valence-corrected chi connectivity index (χ3v) is 3.39. The van der Waals surface area contributed by atoms with Gasteiger partial charge in [0.1, 0.15) is 0 Å². The summed E-state index contributed by atoms with van der Waals surface area (Å²) in [6.45, 7) is 4.10.